The van der Waals surface area contributed by atoms with Crippen LogP contribution in [0, 0.1) is 0 Å². The monoisotopic (exact) mass is 227 g/mol. The van der Waals surface area contributed by atoms with Crippen LogP contribution in [0.1, 0.15) is 18.4 Å². The third-order valence-corrected chi connectivity index (χ3v) is 2.74. The van der Waals surface area contributed by atoms with Gasteiger partial charge in [0.15, 0.2) is 0 Å². The van der Waals surface area contributed by atoms with Crippen LogP contribution in [0.25, 0.3) is 0 Å². The van der Waals surface area contributed by atoms with Crippen LogP contribution in [-0.4, -0.2) is 11.5 Å². The molecule has 1 atom stereocenters. The molecule has 0 aliphatic carbocycles. The van der Waals surface area contributed by atoms with Gasteiger partial charge in [0.25, 0.3) is 0 Å². The second kappa shape index (κ2) is 5.34. The third-order valence-electron chi connectivity index (χ3n) is 2.74. The van der Waals surface area contributed by atoms with E-state index in [1.165, 1.54) is 5.56 Å². The Morgan fingerprint density at radius 1 is 1.18 bits per heavy atom. The zero-order valence-electron chi connectivity index (χ0n) is 9.93. The van der Waals surface area contributed by atoms with Crippen molar-refractivity contribution in [2.75, 3.05) is 17.6 Å². The lowest BCUT2D eigenvalue weighted by atomic mass is 10.0. The molecule has 2 rings (SSSR count). The summed E-state index contributed by atoms with van der Waals surface area (Å²) in [5, 5.41) is 3.30. The van der Waals surface area contributed by atoms with Gasteiger partial charge in [0, 0.05) is 6.54 Å². The van der Waals surface area contributed by atoms with Crippen LogP contribution in [-0.2, 0) is 0 Å². The van der Waals surface area contributed by atoms with Gasteiger partial charge in [-0.2, -0.15) is 0 Å². The molecule has 1 aromatic heterocycles. The molecule has 0 aliphatic rings. The minimum absolute atomic E-state index is 0.454. The topological polar surface area (TPSA) is 50.9 Å². The minimum atomic E-state index is 0.454. The van der Waals surface area contributed by atoms with Gasteiger partial charge in [-0.3, -0.25) is 0 Å². The molecule has 0 spiro atoms. The molecule has 3 heteroatoms. The SMILES string of the molecule is CC(CNc1ccc(N)cn1)c1ccccc1. The molecule has 2 aromatic rings. The van der Waals surface area contributed by atoms with Crippen molar-refractivity contribution in [2.24, 2.45) is 0 Å². The summed E-state index contributed by atoms with van der Waals surface area (Å²) in [7, 11) is 0. The molecule has 3 nitrogen and oxygen atoms in total. The second-order valence-electron chi connectivity index (χ2n) is 4.17. The first-order chi connectivity index (χ1) is 8.25. The van der Waals surface area contributed by atoms with E-state index in [4.69, 9.17) is 5.73 Å². The standard InChI is InChI=1S/C14H17N3/c1-11(12-5-3-2-4-6-12)9-16-14-8-7-13(15)10-17-14/h2-8,10-11H,9,15H2,1H3,(H,16,17). The number of benzene rings is 1. The summed E-state index contributed by atoms with van der Waals surface area (Å²) < 4.78 is 0. The number of hydrogen-bond donors (Lipinski definition) is 2. The summed E-state index contributed by atoms with van der Waals surface area (Å²) in [5.41, 5.74) is 7.60. The predicted molar refractivity (Wildman–Crippen MR) is 72.0 cm³/mol. The lowest BCUT2D eigenvalue weighted by Gasteiger charge is -2.13. The van der Waals surface area contributed by atoms with E-state index >= 15 is 0 Å². The number of nitrogens with two attached hydrogens (primary N) is 1. The van der Waals surface area contributed by atoms with E-state index < -0.39 is 0 Å². The predicted octanol–water partition coefficient (Wildman–Crippen LogP) is 2.88. The average molecular weight is 227 g/mol. The molecule has 0 bridgehead atoms. The van der Waals surface area contributed by atoms with Gasteiger partial charge in [-0.05, 0) is 23.6 Å². The molecular weight excluding hydrogens is 210 g/mol. The fourth-order valence-electron chi connectivity index (χ4n) is 1.67. The van der Waals surface area contributed by atoms with Crippen LogP contribution in [0.3, 0.4) is 0 Å². The Balaban J connectivity index is 1.92. The number of nitrogens with one attached hydrogen (secondary N) is 1. The van der Waals surface area contributed by atoms with E-state index in [1.54, 1.807) is 6.20 Å². The van der Waals surface area contributed by atoms with E-state index in [2.05, 4.69) is 41.5 Å². The first-order valence-corrected chi connectivity index (χ1v) is 5.76. The van der Waals surface area contributed by atoms with Crippen molar-refractivity contribution in [3.05, 3.63) is 54.2 Å². The maximum absolute atomic E-state index is 5.58. The van der Waals surface area contributed by atoms with Gasteiger partial charge in [0.2, 0.25) is 0 Å². The first-order valence-electron chi connectivity index (χ1n) is 5.76. The van der Waals surface area contributed by atoms with Crippen LogP contribution in [0.15, 0.2) is 48.7 Å². The average Bonchev–Trinajstić information content (AvgIpc) is 2.39. The van der Waals surface area contributed by atoms with E-state index in [0.29, 0.717) is 11.6 Å². The Kier molecular flexibility index (Phi) is 3.60. The zero-order valence-corrected chi connectivity index (χ0v) is 9.93. The molecule has 1 heterocycles. The lowest BCUT2D eigenvalue weighted by molar-refractivity contribution is 0.801. The smallest absolute Gasteiger partial charge is 0.126 e. The molecule has 0 amide bonds. The van der Waals surface area contributed by atoms with E-state index in [-0.39, 0.29) is 0 Å². The van der Waals surface area contributed by atoms with Crippen LogP contribution in [0.4, 0.5) is 11.5 Å². The Morgan fingerprint density at radius 2 is 1.94 bits per heavy atom. The van der Waals surface area contributed by atoms with Crippen molar-refractivity contribution in [1.29, 1.82) is 0 Å². The largest absolute Gasteiger partial charge is 0.397 e. The summed E-state index contributed by atoms with van der Waals surface area (Å²) in [5.74, 6) is 1.32. The summed E-state index contributed by atoms with van der Waals surface area (Å²) in [4.78, 5) is 4.21. The Morgan fingerprint density at radius 3 is 2.59 bits per heavy atom. The molecular formula is C14H17N3. The van der Waals surface area contributed by atoms with Crippen LogP contribution >= 0.6 is 0 Å². The maximum Gasteiger partial charge on any atom is 0.126 e. The van der Waals surface area contributed by atoms with Crippen molar-refractivity contribution >= 4 is 11.5 Å². The van der Waals surface area contributed by atoms with E-state index in [0.717, 1.165) is 12.4 Å². The Labute approximate surface area is 102 Å². The highest BCUT2D eigenvalue weighted by Crippen LogP contribution is 2.15. The number of nitrogen functional groups attached to an aromatic ring is 1. The zero-order chi connectivity index (χ0) is 12.1. The summed E-state index contributed by atoms with van der Waals surface area (Å²) in [6.45, 7) is 3.06. The first kappa shape index (κ1) is 11.5. The Hall–Kier alpha value is -2.03. The van der Waals surface area contributed by atoms with Crippen molar-refractivity contribution in [1.82, 2.24) is 4.98 Å². The van der Waals surface area contributed by atoms with E-state index in [1.807, 2.05) is 18.2 Å². The molecule has 0 fully saturated rings. The van der Waals surface area contributed by atoms with Crippen molar-refractivity contribution in [3.8, 4) is 0 Å². The number of aromatic nitrogens is 1. The van der Waals surface area contributed by atoms with Gasteiger partial charge in [-0.15, -0.1) is 0 Å². The molecule has 3 N–H and O–H groups in total. The molecule has 0 radical (unpaired) electrons. The third kappa shape index (κ3) is 3.21. The van der Waals surface area contributed by atoms with Crippen molar-refractivity contribution in [3.63, 3.8) is 0 Å². The Bertz CT molecular complexity index is 451. The van der Waals surface area contributed by atoms with Crippen molar-refractivity contribution in [2.45, 2.75) is 12.8 Å². The highest BCUT2D eigenvalue weighted by atomic mass is 15.0. The maximum atomic E-state index is 5.58. The fraction of sp³-hybridized carbons (Fsp3) is 0.214. The highest BCUT2D eigenvalue weighted by Gasteiger charge is 2.04. The van der Waals surface area contributed by atoms with Gasteiger partial charge in [-0.1, -0.05) is 37.3 Å². The highest BCUT2D eigenvalue weighted by molar-refractivity contribution is 5.43. The molecule has 1 aromatic carbocycles. The molecule has 1 unspecified atom stereocenters. The summed E-state index contributed by atoms with van der Waals surface area (Å²) in [6.07, 6.45) is 1.66. The number of nitrogens with zero attached hydrogens (tertiary/aromatic N) is 1. The van der Waals surface area contributed by atoms with Gasteiger partial charge in [-0.25, -0.2) is 4.98 Å². The molecule has 0 saturated carbocycles. The molecule has 17 heavy (non-hydrogen) atoms. The summed E-state index contributed by atoms with van der Waals surface area (Å²) in [6, 6.07) is 14.2. The van der Waals surface area contributed by atoms with Gasteiger partial charge in [0.1, 0.15) is 5.82 Å². The number of anilines is 2. The summed E-state index contributed by atoms with van der Waals surface area (Å²) >= 11 is 0. The van der Waals surface area contributed by atoms with Crippen molar-refractivity contribution < 1.29 is 0 Å². The lowest BCUT2D eigenvalue weighted by Crippen LogP contribution is -2.10. The molecule has 0 saturated heterocycles. The van der Waals surface area contributed by atoms with Crippen LogP contribution in [0.5, 0.6) is 0 Å². The van der Waals surface area contributed by atoms with Gasteiger partial charge in [0.05, 0.1) is 11.9 Å². The quantitative estimate of drug-likeness (QED) is 0.844. The fourth-order valence-corrected chi connectivity index (χ4v) is 1.67. The van der Waals surface area contributed by atoms with E-state index in [9.17, 15) is 0 Å². The normalized spacial score (nSPS) is 12.1. The molecule has 0 aliphatic heterocycles. The minimum Gasteiger partial charge on any atom is -0.397 e. The van der Waals surface area contributed by atoms with Crippen LogP contribution in [0.2, 0.25) is 0 Å². The second-order valence-corrected chi connectivity index (χ2v) is 4.17. The van der Waals surface area contributed by atoms with Gasteiger partial charge >= 0.3 is 0 Å². The van der Waals surface area contributed by atoms with Crippen LogP contribution < -0.4 is 11.1 Å². The number of rotatable bonds is 4. The number of pyridine rings is 1. The van der Waals surface area contributed by atoms with Gasteiger partial charge < -0.3 is 11.1 Å². The number of hydrogen-bond acceptors (Lipinski definition) is 3. The molecule has 88 valence electrons.